The van der Waals surface area contributed by atoms with Gasteiger partial charge in [0.1, 0.15) is 13.1 Å². The molecule has 2 aromatic rings. The van der Waals surface area contributed by atoms with Gasteiger partial charge < -0.3 is 28.8 Å². The van der Waals surface area contributed by atoms with Crippen LogP contribution in [0.5, 0.6) is 0 Å². The van der Waals surface area contributed by atoms with E-state index in [9.17, 15) is 19.8 Å². The maximum Gasteiger partial charge on any atom is 0.104 e. The molecule has 0 saturated heterocycles. The van der Waals surface area contributed by atoms with Crippen LogP contribution in [0.2, 0.25) is 0 Å². The fourth-order valence-electron chi connectivity index (χ4n) is 4.09. The summed E-state index contributed by atoms with van der Waals surface area (Å²) in [6.07, 6.45) is 0.769. The van der Waals surface area contributed by atoms with Crippen molar-refractivity contribution in [3.05, 3.63) is 83.9 Å². The standard InChI is InChI=1S/2C13H22N.C4H4O4/c2*1-4-14(5-2,6-3)12-13-10-8-7-9-11-13;5-3(6)1-2-4(7)8/h2*7-11H,4-6,12H2,1-3H3;1-2H,(H,5,6)(H,7,8)/q2*+1;/p-2/b;;2-1+. The first-order valence-corrected chi connectivity index (χ1v) is 13.0. The van der Waals surface area contributed by atoms with E-state index in [1.165, 1.54) is 72.5 Å². The summed E-state index contributed by atoms with van der Waals surface area (Å²) in [5.41, 5.74) is 2.91. The van der Waals surface area contributed by atoms with Crippen LogP contribution < -0.4 is 10.2 Å². The second-order valence-corrected chi connectivity index (χ2v) is 8.84. The number of rotatable bonds is 12. The lowest BCUT2D eigenvalue weighted by Crippen LogP contribution is -2.46. The molecule has 0 saturated carbocycles. The Bertz CT molecular complexity index is 784. The molecule has 0 radical (unpaired) electrons. The third kappa shape index (κ3) is 13.2. The Labute approximate surface area is 218 Å². The van der Waals surface area contributed by atoms with E-state index in [0.717, 1.165) is 0 Å². The molecule has 0 aliphatic heterocycles. The van der Waals surface area contributed by atoms with Gasteiger partial charge in [0, 0.05) is 11.1 Å². The minimum absolute atomic E-state index is 0.384. The number of aliphatic carboxylic acids is 2. The number of carboxylic acids is 2. The minimum Gasteiger partial charge on any atom is -0.545 e. The topological polar surface area (TPSA) is 80.3 Å². The van der Waals surface area contributed by atoms with Crippen molar-refractivity contribution in [1.82, 2.24) is 0 Å². The molecule has 6 nitrogen and oxygen atoms in total. The summed E-state index contributed by atoms with van der Waals surface area (Å²) in [6, 6.07) is 21.6. The van der Waals surface area contributed by atoms with Gasteiger partial charge in [-0.25, -0.2) is 0 Å². The smallest absolute Gasteiger partial charge is 0.104 e. The second kappa shape index (κ2) is 18.3. The largest absolute Gasteiger partial charge is 0.545 e. The van der Waals surface area contributed by atoms with Gasteiger partial charge in [0.15, 0.2) is 0 Å². The zero-order valence-electron chi connectivity index (χ0n) is 23.1. The molecular formula is C30H46N2O4. The van der Waals surface area contributed by atoms with Gasteiger partial charge >= 0.3 is 0 Å². The molecule has 36 heavy (non-hydrogen) atoms. The van der Waals surface area contributed by atoms with E-state index in [-0.39, 0.29) is 0 Å². The highest BCUT2D eigenvalue weighted by atomic mass is 16.4. The Morgan fingerprint density at radius 2 is 0.806 bits per heavy atom. The Morgan fingerprint density at radius 1 is 0.556 bits per heavy atom. The molecule has 0 amide bonds. The second-order valence-electron chi connectivity index (χ2n) is 8.84. The van der Waals surface area contributed by atoms with Crippen molar-refractivity contribution in [1.29, 1.82) is 0 Å². The predicted molar refractivity (Wildman–Crippen MR) is 143 cm³/mol. The van der Waals surface area contributed by atoms with Crippen molar-refractivity contribution in [2.45, 2.75) is 54.6 Å². The highest BCUT2D eigenvalue weighted by molar-refractivity contribution is 5.87. The Morgan fingerprint density at radius 3 is 1.00 bits per heavy atom. The van der Waals surface area contributed by atoms with Crippen LogP contribution in [0.4, 0.5) is 0 Å². The van der Waals surface area contributed by atoms with E-state index in [1.54, 1.807) is 0 Å². The monoisotopic (exact) mass is 498 g/mol. The molecule has 2 aromatic carbocycles. The SMILES string of the molecule is CC[N+](CC)(CC)Cc1ccccc1.CC[N+](CC)(CC)Cc1ccccc1.O=C([O-])/C=C/C(=O)[O-]. The summed E-state index contributed by atoms with van der Waals surface area (Å²) in [6.45, 7) is 23.4. The lowest BCUT2D eigenvalue weighted by molar-refractivity contribution is -0.936. The molecular weight excluding hydrogens is 452 g/mol. The molecule has 0 aromatic heterocycles. The minimum atomic E-state index is -1.55. The van der Waals surface area contributed by atoms with Crippen molar-refractivity contribution in [2.75, 3.05) is 39.3 Å². The van der Waals surface area contributed by atoms with Gasteiger partial charge in [-0.1, -0.05) is 60.7 Å². The fraction of sp³-hybridized carbons (Fsp3) is 0.467. The van der Waals surface area contributed by atoms with Gasteiger partial charge in [0.25, 0.3) is 0 Å². The highest BCUT2D eigenvalue weighted by Gasteiger charge is 2.21. The van der Waals surface area contributed by atoms with E-state index >= 15 is 0 Å². The van der Waals surface area contributed by atoms with Crippen LogP contribution in [0.25, 0.3) is 0 Å². The third-order valence-electron chi connectivity index (χ3n) is 7.10. The summed E-state index contributed by atoms with van der Waals surface area (Å²) < 4.78 is 2.40. The first kappa shape index (κ1) is 33.0. The molecule has 0 bridgehead atoms. The van der Waals surface area contributed by atoms with Crippen molar-refractivity contribution in [3.63, 3.8) is 0 Å². The van der Waals surface area contributed by atoms with Crippen LogP contribution in [-0.2, 0) is 22.7 Å². The van der Waals surface area contributed by atoms with Crippen LogP contribution in [0.1, 0.15) is 52.7 Å². The number of hydrogen-bond acceptors (Lipinski definition) is 4. The molecule has 6 heteroatoms. The maximum atomic E-state index is 9.41. The highest BCUT2D eigenvalue weighted by Crippen LogP contribution is 2.14. The molecule has 0 fully saturated rings. The Kier molecular flexibility index (Phi) is 16.8. The molecule has 0 aliphatic rings. The van der Waals surface area contributed by atoms with Crippen LogP contribution >= 0.6 is 0 Å². The summed E-state index contributed by atoms with van der Waals surface area (Å²) in [7, 11) is 0. The van der Waals surface area contributed by atoms with Gasteiger partial charge in [-0.2, -0.15) is 0 Å². The molecule has 0 aliphatic carbocycles. The summed E-state index contributed by atoms with van der Waals surface area (Å²) in [5, 5.41) is 18.8. The maximum absolute atomic E-state index is 9.41. The quantitative estimate of drug-likeness (QED) is 0.333. The molecule has 0 atom stereocenters. The van der Waals surface area contributed by atoms with Crippen molar-refractivity contribution >= 4 is 11.9 Å². The average Bonchev–Trinajstić information content (AvgIpc) is 2.91. The summed E-state index contributed by atoms with van der Waals surface area (Å²) in [5.74, 6) is -3.09. The lowest BCUT2D eigenvalue weighted by Gasteiger charge is -2.35. The third-order valence-corrected chi connectivity index (χ3v) is 7.10. The van der Waals surface area contributed by atoms with Gasteiger partial charge in [0.05, 0.1) is 51.2 Å². The summed E-state index contributed by atoms with van der Waals surface area (Å²) in [4.78, 5) is 18.8. The molecule has 2 rings (SSSR count). The van der Waals surface area contributed by atoms with E-state index in [0.29, 0.717) is 12.2 Å². The number of quaternary nitrogens is 2. The first-order valence-electron chi connectivity index (χ1n) is 13.0. The number of benzene rings is 2. The van der Waals surface area contributed by atoms with Gasteiger partial charge in [-0.3, -0.25) is 0 Å². The van der Waals surface area contributed by atoms with Gasteiger partial charge in [0.2, 0.25) is 0 Å². The van der Waals surface area contributed by atoms with Crippen LogP contribution in [0, 0.1) is 0 Å². The Balaban J connectivity index is 0.000000533. The first-order chi connectivity index (χ1) is 17.1. The zero-order valence-corrected chi connectivity index (χ0v) is 23.1. The number of carbonyl (C=O) groups is 2. The molecule has 0 heterocycles. The zero-order chi connectivity index (χ0) is 27.5. The molecule has 0 spiro atoms. The number of carbonyl (C=O) groups excluding carboxylic acids is 2. The van der Waals surface area contributed by atoms with Crippen molar-refractivity contribution < 1.29 is 28.8 Å². The van der Waals surface area contributed by atoms with Crippen LogP contribution in [-0.4, -0.2) is 60.2 Å². The van der Waals surface area contributed by atoms with E-state index in [1.807, 2.05) is 0 Å². The van der Waals surface area contributed by atoms with Crippen molar-refractivity contribution in [3.8, 4) is 0 Å². The fourth-order valence-corrected chi connectivity index (χ4v) is 4.09. The molecule has 200 valence electrons. The number of carboxylic acid groups (broad SMARTS) is 2. The predicted octanol–water partition coefficient (Wildman–Crippen LogP) is 3.17. The Hall–Kier alpha value is -2.96. The molecule has 0 N–H and O–H groups in total. The van der Waals surface area contributed by atoms with E-state index in [4.69, 9.17) is 0 Å². The lowest BCUT2D eigenvalue weighted by atomic mass is 10.2. The normalized spacial score (nSPS) is 11.2. The summed E-state index contributed by atoms with van der Waals surface area (Å²) >= 11 is 0. The van der Waals surface area contributed by atoms with Crippen LogP contribution in [0.15, 0.2) is 72.8 Å². The van der Waals surface area contributed by atoms with E-state index in [2.05, 4.69) is 102 Å². The average molecular weight is 499 g/mol. The van der Waals surface area contributed by atoms with Gasteiger partial charge in [-0.05, 0) is 53.7 Å². The van der Waals surface area contributed by atoms with Crippen LogP contribution in [0.3, 0.4) is 0 Å². The number of nitrogens with zero attached hydrogens (tertiary/aromatic N) is 2. The van der Waals surface area contributed by atoms with Crippen molar-refractivity contribution in [2.24, 2.45) is 0 Å². The number of hydrogen-bond donors (Lipinski definition) is 0. The molecule has 0 unspecified atom stereocenters. The van der Waals surface area contributed by atoms with E-state index < -0.39 is 11.9 Å². The van der Waals surface area contributed by atoms with Gasteiger partial charge in [-0.15, -0.1) is 0 Å².